The van der Waals surface area contributed by atoms with E-state index in [-0.39, 0.29) is 18.1 Å². The Morgan fingerprint density at radius 2 is 2.12 bits per heavy atom. The number of amides is 3. The van der Waals surface area contributed by atoms with Gasteiger partial charge in [0, 0.05) is 18.7 Å². The third kappa shape index (κ3) is 2.82. The van der Waals surface area contributed by atoms with Crippen LogP contribution >= 0.6 is 11.3 Å². The smallest absolute Gasteiger partial charge is 0.326 e. The number of benzene rings is 1. The summed E-state index contributed by atoms with van der Waals surface area (Å²) in [6.45, 7) is 2.30. The number of hydrogen-bond acceptors (Lipinski definition) is 4. The third-order valence-corrected chi connectivity index (χ3v) is 4.92. The van der Waals surface area contributed by atoms with Crippen LogP contribution < -0.4 is 10.6 Å². The van der Waals surface area contributed by atoms with E-state index in [2.05, 4.69) is 4.98 Å². The molecule has 0 unspecified atom stereocenters. The van der Waals surface area contributed by atoms with Crippen molar-refractivity contribution < 1.29 is 18.4 Å². The van der Waals surface area contributed by atoms with E-state index in [0.29, 0.717) is 28.8 Å². The van der Waals surface area contributed by atoms with Gasteiger partial charge in [-0.15, -0.1) is 0 Å². The molecule has 2 aromatic rings. The number of urea groups is 1. The number of anilines is 1. The molecule has 1 aromatic heterocycles. The van der Waals surface area contributed by atoms with E-state index in [4.69, 9.17) is 5.73 Å². The molecule has 1 aromatic carbocycles. The van der Waals surface area contributed by atoms with Gasteiger partial charge in [-0.05, 0) is 13.0 Å². The van der Waals surface area contributed by atoms with Gasteiger partial charge < -0.3 is 10.6 Å². The van der Waals surface area contributed by atoms with Crippen LogP contribution in [0.15, 0.2) is 18.2 Å². The van der Waals surface area contributed by atoms with E-state index in [1.807, 2.05) is 0 Å². The summed E-state index contributed by atoms with van der Waals surface area (Å²) in [5, 5.41) is 0.369. The van der Waals surface area contributed by atoms with Crippen LogP contribution in [0, 0.1) is 18.6 Å². The maximum absolute atomic E-state index is 13.8. The SMILES string of the molecule is Cc1nc(N2CCN(Cc3cccc(F)c3F)C2=O)sc1C(N)=O. The summed E-state index contributed by atoms with van der Waals surface area (Å²) in [6, 6.07) is 3.49. The van der Waals surface area contributed by atoms with Crippen molar-refractivity contribution in [3.05, 3.63) is 46.0 Å². The molecule has 6 nitrogen and oxygen atoms in total. The molecule has 0 spiro atoms. The Morgan fingerprint density at radius 1 is 1.38 bits per heavy atom. The van der Waals surface area contributed by atoms with Gasteiger partial charge in [0.05, 0.1) is 12.2 Å². The van der Waals surface area contributed by atoms with E-state index >= 15 is 0 Å². The zero-order valence-electron chi connectivity index (χ0n) is 12.8. The van der Waals surface area contributed by atoms with E-state index in [9.17, 15) is 18.4 Å². The number of aryl methyl sites for hydroxylation is 1. The lowest BCUT2D eigenvalue weighted by Gasteiger charge is -2.17. The van der Waals surface area contributed by atoms with Crippen LogP contribution in [0.3, 0.4) is 0 Å². The number of thiazole rings is 1. The summed E-state index contributed by atoms with van der Waals surface area (Å²) < 4.78 is 27.0. The van der Waals surface area contributed by atoms with Gasteiger partial charge in [0.15, 0.2) is 16.8 Å². The molecule has 0 radical (unpaired) electrons. The molecule has 1 aliphatic rings. The fourth-order valence-corrected chi connectivity index (χ4v) is 3.45. The van der Waals surface area contributed by atoms with Crippen LogP contribution in [-0.4, -0.2) is 34.9 Å². The van der Waals surface area contributed by atoms with Crippen molar-refractivity contribution >= 4 is 28.4 Å². The van der Waals surface area contributed by atoms with Crippen LogP contribution in [0.5, 0.6) is 0 Å². The molecular weight excluding hydrogens is 338 g/mol. The number of carbonyl (C=O) groups is 2. The largest absolute Gasteiger partial charge is 0.365 e. The Kier molecular flexibility index (Phi) is 4.18. The highest BCUT2D eigenvalue weighted by atomic mass is 32.1. The minimum absolute atomic E-state index is 0.0358. The summed E-state index contributed by atoms with van der Waals surface area (Å²) in [6.07, 6.45) is 0. The Bertz CT molecular complexity index is 824. The van der Waals surface area contributed by atoms with Crippen LogP contribution in [0.25, 0.3) is 0 Å². The number of hydrogen-bond donors (Lipinski definition) is 1. The number of halogens is 2. The lowest BCUT2D eigenvalue weighted by molar-refractivity contribution is 0.100. The molecular formula is C15H14F2N4O2S. The second kappa shape index (κ2) is 6.16. The highest BCUT2D eigenvalue weighted by Gasteiger charge is 2.33. The molecule has 3 rings (SSSR count). The second-order valence-electron chi connectivity index (χ2n) is 5.34. The predicted molar refractivity (Wildman–Crippen MR) is 84.9 cm³/mol. The molecule has 3 amide bonds. The highest BCUT2D eigenvalue weighted by Crippen LogP contribution is 2.29. The molecule has 24 heavy (non-hydrogen) atoms. The van der Waals surface area contributed by atoms with E-state index < -0.39 is 17.5 Å². The van der Waals surface area contributed by atoms with Crippen molar-refractivity contribution in [3.8, 4) is 0 Å². The monoisotopic (exact) mass is 352 g/mol. The first-order valence-electron chi connectivity index (χ1n) is 7.15. The standard InChI is InChI=1S/C15H14F2N4O2S/c1-8-12(13(18)22)24-14(19-8)21-6-5-20(15(21)23)7-9-3-2-4-10(16)11(9)17/h2-4H,5-7H2,1H3,(H2,18,22). The second-order valence-corrected chi connectivity index (χ2v) is 6.32. The van der Waals surface area contributed by atoms with Gasteiger partial charge in [0.25, 0.3) is 5.91 Å². The molecule has 126 valence electrons. The third-order valence-electron chi connectivity index (χ3n) is 3.73. The first kappa shape index (κ1) is 16.3. The van der Waals surface area contributed by atoms with Crippen molar-refractivity contribution in [2.75, 3.05) is 18.0 Å². The minimum atomic E-state index is -0.954. The molecule has 2 heterocycles. The molecule has 1 fully saturated rings. The van der Waals surface area contributed by atoms with E-state index in [1.165, 1.54) is 21.9 Å². The number of aromatic nitrogens is 1. The van der Waals surface area contributed by atoms with E-state index in [1.54, 1.807) is 6.92 Å². The summed E-state index contributed by atoms with van der Waals surface area (Å²) in [4.78, 5) is 31.1. The number of nitrogens with two attached hydrogens (primary N) is 1. The van der Waals surface area contributed by atoms with Crippen molar-refractivity contribution in [2.24, 2.45) is 5.73 Å². The highest BCUT2D eigenvalue weighted by molar-refractivity contribution is 7.17. The van der Waals surface area contributed by atoms with Crippen molar-refractivity contribution in [3.63, 3.8) is 0 Å². The molecule has 0 saturated carbocycles. The number of rotatable bonds is 4. The lowest BCUT2D eigenvalue weighted by atomic mass is 10.2. The first-order chi connectivity index (χ1) is 11.4. The summed E-state index contributed by atoms with van der Waals surface area (Å²) in [5.74, 6) is -2.50. The fourth-order valence-electron chi connectivity index (χ4n) is 2.51. The molecule has 2 N–H and O–H groups in total. The molecule has 0 aliphatic carbocycles. The van der Waals surface area contributed by atoms with Crippen LogP contribution in [-0.2, 0) is 6.54 Å². The molecule has 1 aliphatic heterocycles. The van der Waals surface area contributed by atoms with Crippen molar-refractivity contribution in [1.29, 1.82) is 0 Å². The number of carbonyl (C=O) groups excluding carboxylic acids is 2. The van der Waals surface area contributed by atoms with Crippen LogP contribution in [0.2, 0.25) is 0 Å². The number of primary amides is 1. The minimum Gasteiger partial charge on any atom is -0.365 e. The quantitative estimate of drug-likeness (QED) is 0.917. The Balaban J connectivity index is 1.79. The van der Waals surface area contributed by atoms with Crippen LogP contribution in [0.4, 0.5) is 18.7 Å². The summed E-state index contributed by atoms with van der Waals surface area (Å²) >= 11 is 1.04. The zero-order chi connectivity index (χ0) is 17.4. The van der Waals surface area contributed by atoms with Crippen molar-refractivity contribution in [1.82, 2.24) is 9.88 Å². The van der Waals surface area contributed by atoms with Gasteiger partial charge in [-0.3, -0.25) is 9.69 Å². The van der Waals surface area contributed by atoms with Crippen LogP contribution in [0.1, 0.15) is 20.9 Å². The molecule has 0 atom stereocenters. The summed E-state index contributed by atoms with van der Waals surface area (Å²) in [5.41, 5.74) is 5.83. The Morgan fingerprint density at radius 3 is 2.79 bits per heavy atom. The van der Waals surface area contributed by atoms with Crippen molar-refractivity contribution in [2.45, 2.75) is 13.5 Å². The van der Waals surface area contributed by atoms with E-state index in [0.717, 1.165) is 17.4 Å². The van der Waals surface area contributed by atoms with Gasteiger partial charge in [0.1, 0.15) is 4.88 Å². The average molecular weight is 352 g/mol. The Labute approximate surface area is 140 Å². The van der Waals surface area contributed by atoms with Gasteiger partial charge in [-0.25, -0.2) is 18.6 Å². The molecule has 0 bridgehead atoms. The molecule has 1 saturated heterocycles. The maximum Gasteiger partial charge on any atom is 0.326 e. The zero-order valence-corrected chi connectivity index (χ0v) is 13.6. The molecule has 9 heteroatoms. The fraction of sp³-hybridized carbons (Fsp3) is 0.267. The first-order valence-corrected chi connectivity index (χ1v) is 7.96. The van der Waals surface area contributed by atoms with Gasteiger partial charge in [-0.1, -0.05) is 23.5 Å². The average Bonchev–Trinajstić information content (AvgIpc) is 3.08. The maximum atomic E-state index is 13.8. The van der Waals surface area contributed by atoms with Gasteiger partial charge >= 0.3 is 6.03 Å². The summed E-state index contributed by atoms with van der Waals surface area (Å²) in [7, 11) is 0. The van der Waals surface area contributed by atoms with Gasteiger partial charge in [-0.2, -0.15) is 0 Å². The van der Waals surface area contributed by atoms with Gasteiger partial charge in [0.2, 0.25) is 0 Å². The Hall–Kier alpha value is -2.55. The normalized spacial score (nSPS) is 14.5. The number of nitrogens with zero attached hydrogens (tertiary/aromatic N) is 3. The predicted octanol–water partition coefficient (Wildman–Crippen LogP) is 2.27. The lowest BCUT2D eigenvalue weighted by Crippen LogP contribution is -2.31. The topological polar surface area (TPSA) is 79.5 Å².